The average molecular weight is 1510 g/mol. The summed E-state index contributed by atoms with van der Waals surface area (Å²) in [4.78, 5) is 32.8. The first-order valence-electron chi connectivity index (χ1n) is 39.0. The first kappa shape index (κ1) is 65.7. The van der Waals surface area contributed by atoms with Crippen LogP contribution in [0.15, 0.2) is 374 Å². The maximum atomic E-state index is 6.59. The lowest BCUT2D eigenvalue weighted by atomic mass is 9.92. The largest absolute Gasteiger partial charge is 0.455 e. The smallest absolute Gasteiger partial charge is 0.160 e. The number of pyridine rings is 2. The summed E-state index contributed by atoms with van der Waals surface area (Å²) in [5.41, 5.74) is 24.5. The molecule has 0 amide bonds. The molecule has 0 unspecified atom stereocenters. The Hall–Kier alpha value is -14.9. The topological polar surface area (TPSA) is 95.4 Å². The van der Waals surface area contributed by atoms with Crippen LogP contribution >= 0.6 is 22.7 Å². The number of benzene rings is 16. The van der Waals surface area contributed by atoms with Crippen LogP contribution in [0.25, 0.3) is 246 Å². The maximum absolute atomic E-state index is 6.59. The van der Waals surface area contributed by atoms with Gasteiger partial charge in [0.05, 0.1) is 65.6 Å². The summed E-state index contributed by atoms with van der Waals surface area (Å²) < 4.78 is 13.7. The van der Waals surface area contributed by atoms with Crippen molar-refractivity contribution in [3.8, 4) is 118 Å². The van der Waals surface area contributed by atoms with Gasteiger partial charge < -0.3 is 8.98 Å². The van der Waals surface area contributed by atoms with Gasteiger partial charge in [0.2, 0.25) is 0 Å². The molecule has 16 aromatic carbocycles. The van der Waals surface area contributed by atoms with Crippen LogP contribution in [0.2, 0.25) is 0 Å². The molecule has 0 spiro atoms. The monoisotopic (exact) mass is 1510 g/mol. The highest BCUT2D eigenvalue weighted by molar-refractivity contribution is 7.27. The third-order valence-corrected chi connectivity index (χ3v) is 25.6. The zero-order valence-corrected chi connectivity index (χ0v) is 63.7. The number of para-hydroxylation sites is 5. The first-order chi connectivity index (χ1) is 57.5. The summed E-state index contributed by atoms with van der Waals surface area (Å²) in [5, 5.41) is 16.1. The van der Waals surface area contributed by atoms with E-state index in [0.717, 1.165) is 192 Å². The van der Waals surface area contributed by atoms with E-state index in [1.165, 1.54) is 41.7 Å². The van der Waals surface area contributed by atoms with E-state index < -0.39 is 0 Å². The molecule has 8 nitrogen and oxygen atoms in total. The standard InChI is InChI=1S/C106H61N7OS2/c1-3-24-62(25-4-1)89-60-91(111-106(109-89)68-30-22-31-69(57-68)113-93-44-17-12-36-76(93)77-37-13-18-45-94(77)113)75-52-54-80(74-35-10-8-33-72(74)75)101-104-99(84-40-15-20-47-96(84)115-104)86-58-64(49-55-88(86)108-101)65-48-50-85-97(59-65)116-103-98(85)82-39-11-16-43-87(82)107-100(103)79-53-51-70(71-32-7-9-34-73(71)79)66-28-21-29-67(56-66)90-61-92(112-105(110-90)63-26-5-2-6-27-63)83-42-23-41-81-78-38-14-19-46-95(78)114-102(81)83/h1-61H. The van der Waals surface area contributed by atoms with Crippen molar-refractivity contribution in [3.63, 3.8) is 0 Å². The summed E-state index contributed by atoms with van der Waals surface area (Å²) in [6.45, 7) is 0. The Morgan fingerprint density at radius 2 is 0.707 bits per heavy atom. The molecular formula is C106H61N7OS2. The molecule has 8 aromatic heterocycles. The van der Waals surface area contributed by atoms with Gasteiger partial charge in [-0.1, -0.05) is 285 Å². The van der Waals surface area contributed by atoms with Crippen LogP contribution in [0.5, 0.6) is 0 Å². The highest BCUT2D eigenvalue weighted by Gasteiger charge is 2.26. The van der Waals surface area contributed by atoms with E-state index in [-0.39, 0.29) is 0 Å². The van der Waals surface area contributed by atoms with E-state index in [1.54, 1.807) is 0 Å². The van der Waals surface area contributed by atoms with Crippen molar-refractivity contribution in [2.75, 3.05) is 0 Å². The summed E-state index contributed by atoms with van der Waals surface area (Å²) in [7, 11) is 0. The lowest BCUT2D eigenvalue weighted by Gasteiger charge is -2.15. The third-order valence-electron chi connectivity index (χ3n) is 23.2. The van der Waals surface area contributed by atoms with E-state index in [9.17, 15) is 0 Å². The van der Waals surface area contributed by atoms with Gasteiger partial charge >= 0.3 is 0 Å². The second-order valence-corrected chi connectivity index (χ2v) is 31.9. The molecule has 0 N–H and O–H groups in total. The Balaban J connectivity index is 0.601. The van der Waals surface area contributed by atoms with Gasteiger partial charge in [0.1, 0.15) is 11.2 Å². The van der Waals surface area contributed by atoms with Crippen LogP contribution in [0.1, 0.15) is 0 Å². The molecule has 0 aliphatic rings. The van der Waals surface area contributed by atoms with Gasteiger partial charge in [-0.05, 0) is 129 Å². The van der Waals surface area contributed by atoms with Gasteiger partial charge in [-0.15, -0.1) is 22.7 Å². The van der Waals surface area contributed by atoms with E-state index in [0.29, 0.717) is 11.6 Å². The molecule has 24 rings (SSSR count). The van der Waals surface area contributed by atoms with E-state index >= 15 is 0 Å². The lowest BCUT2D eigenvalue weighted by Crippen LogP contribution is -1.99. The first-order valence-corrected chi connectivity index (χ1v) is 40.7. The zero-order chi connectivity index (χ0) is 76.1. The molecule has 0 aliphatic heterocycles. The van der Waals surface area contributed by atoms with Crippen molar-refractivity contribution in [1.29, 1.82) is 0 Å². The van der Waals surface area contributed by atoms with E-state index in [4.69, 9.17) is 34.3 Å². The van der Waals surface area contributed by atoms with Crippen LogP contribution in [0.3, 0.4) is 0 Å². The normalized spacial score (nSPS) is 12.0. The average Bonchev–Trinajstić information content (AvgIpc) is 1.53. The van der Waals surface area contributed by atoms with Crippen LogP contribution in [-0.2, 0) is 0 Å². The summed E-state index contributed by atoms with van der Waals surface area (Å²) in [6.07, 6.45) is 0. The molecule has 0 atom stereocenters. The van der Waals surface area contributed by atoms with Crippen molar-refractivity contribution in [2.45, 2.75) is 0 Å². The van der Waals surface area contributed by atoms with E-state index in [1.807, 2.05) is 53.0 Å². The number of nitrogens with zero attached hydrogens (tertiary/aromatic N) is 7. The zero-order valence-electron chi connectivity index (χ0n) is 62.1. The minimum Gasteiger partial charge on any atom is -0.455 e. The van der Waals surface area contributed by atoms with Crippen molar-refractivity contribution in [2.24, 2.45) is 0 Å². The van der Waals surface area contributed by atoms with Crippen LogP contribution < -0.4 is 0 Å². The van der Waals surface area contributed by atoms with Gasteiger partial charge in [0.15, 0.2) is 11.6 Å². The fourth-order valence-corrected chi connectivity index (χ4v) is 20.4. The SMILES string of the molecule is c1ccc(-c2cc(-c3ccc(-c4nc5ccc(-c6ccc7c(c6)sc6c(-c8ccc(-c9cccc(-c%10cc(-c%11cccc%12c%11oc%11ccccc%11%12)nc(-c%11ccccc%11)n%10)c9)c9ccccc89)nc8ccccc8c67)cc5c5c4sc4ccccc45)c4ccccc34)nc(-c3cccc(-n4c5ccccc5c5ccccc54)c3)n2)cc1. The molecule has 0 saturated carbocycles. The molecule has 8 heterocycles. The number of hydrogen-bond acceptors (Lipinski definition) is 9. The van der Waals surface area contributed by atoms with E-state index in [2.05, 4.69) is 344 Å². The number of rotatable bonds is 11. The van der Waals surface area contributed by atoms with Crippen molar-refractivity contribution >= 4 is 150 Å². The van der Waals surface area contributed by atoms with Crippen LogP contribution in [0, 0.1) is 0 Å². The third kappa shape index (κ3) is 10.6. The second-order valence-electron chi connectivity index (χ2n) is 29.8. The Kier molecular flexibility index (Phi) is 14.9. The fourth-order valence-electron chi connectivity index (χ4n) is 17.9. The summed E-state index contributed by atoms with van der Waals surface area (Å²) in [6, 6.07) is 132. The Labute approximate surface area is 672 Å². The number of hydrogen-bond donors (Lipinski definition) is 0. The molecule has 0 aliphatic carbocycles. The fraction of sp³-hybridized carbons (Fsp3) is 0. The second kappa shape index (κ2) is 26.3. The number of aromatic nitrogens is 7. The summed E-state index contributed by atoms with van der Waals surface area (Å²) in [5.74, 6) is 1.30. The lowest BCUT2D eigenvalue weighted by molar-refractivity contribution is 0.670. The van der Waals surface area contributed by atoms with Gasteiger partial charge in [0, 0.05) is 113 Å². The van der Waals surface area contributed by atoms with Gasteiger partial charge in [-0.3, -0.25) is 0 Å². The molecule has 0 fully saturated rings. The predicted molar refractivity (Wildman–Crippen MR) is 485 cm³/mol. The number of fused-ring (bicyclic) bond motifs is 18. The predicted octanol–water partition coefficient (Wildman–Crippen LogP) is 29.1. The molecule has 24 aromatic rings. The minimum absolute atomic E-state index is 0.644. The van der Waals surface area contributed by atoms with Crippen molar-refractivity contribution in [3.05, 3.63) is 370 Å². The highest BCUT2D eigenvalue weighted by atomic mass is 32.1. The minimum atomic E-state index is 0.644. The van der Waals surface area contributed by atoms with Gasteiger partial charge in [0.25, 0.3) is 0 Å². The maximum Gasteiger partial charge on any atom is 0.160 e. The van der Waals surface area contributed by atoms with Crippen LogP contribution in [-0.4, -0.2) is 34.5 Å². The van der Waals surface area contributed by atoms with Crippen molar-refractivity contribution < 1.29 is 4.42 Å². The number of furan rings is 1. The Morgan fingerprint density at radius 1 is 0.233 bits per heavy atom. The molecule has 0 radical (unpaired) electrons. The molecular weight excluding hydrogens is 1450 g/mol. The van der Waals surface area contributed by atoms with Crippen LogP contribution in [0.4, 0.5) is 0 Å². The molecule has 116 heavy (non-hydrogen) atoms. The molecule has 0 bridgehead atoms. The van der Waals surface area contributed by atoms with Gasteiger partial charge in [-0.2, -0.15) is 0 Å². The summed E-state index contributed by atoms with van der Waals surface area (Å²) >= 11 is 3.64. The Morgan fingerprint density at radius 3 is 1.44 bits per heavy atom. The van der Waals surface area contributed by atoms with Gasteiger partial charge in [-0.25, -0.2) is 29.9 Å². The quantitative estimate of drug-likeness (QED) is 0.127. The highest BCUT2D eigenvalue weighted by Crippen LogP contribution is 2.50. The molecule has 0 saturated heterocycles. The van der Waals surface area contributed by atoms with Crippen molar-refractivity contribution in [1.82, 2.24) is 34.5 Å². The molecule has 538 valence electrons. The molecule has 10 heteroatoms. The number of thiophene rings is 2. The Bertz CT molecular complexity index is 8190.